The molecule has 3 nitrogen and oxygen atoms in total. The predicted octanol–water partition coefficient (Wildman–Crippen LogP) is 3.75. The SMILES string of the molecule is CCCc1ccccc1S(=O)(=O)Nc1ccc(C)cc1. The Morgan fingerprint density at radius 2 is 1.65 bits per heavy atom. The maximum Gasteiger partial charge on any atom is 0.262 e. The summed E-state index contributed by atoms with van der Waals surface area (Å²) in [5.74, 6) is 0. The van der Waals surface area contributed by atoms with Crippen molar-refractivity contribution in [2.45, 2.75) is 31.6 Å². The Balaban J connectivity index is 2.33. The van der Waals surface area contributed by atoms with Crippen molar-refractivity contribution in [1.29, 1.82) is 0 Å². The first kappa shape index (κ1) is 14.6. The first-order valence-corrected chi connectivity index (χ1v) is 8.18. The highest BCUT2D eigenvalue weighted by atomic mass is 32.2. The molecule has 106 valence electrons. The molecule has 0 aliphatic rings. The second-order valence-electron chi connectivity index (χ2n) is 4.83. The molecule has 0 atom stereocenters. The normalized spacial score (nSPS) is 11.3. The first-order valence-electron chi connectivity index (χ1n) is 6.70. The van der Waals surface area contributed by atoms with Gasteiger partial charge in [0.15, 0.2) is 0 Å². The van der Waals surface area contributed by atoms with Crippen molar-refractivity contribution in [3.05, 3.63) is 59.7 Å². The van der Waals surface area contributed by atoms with Gasteiger partial charge in [-0.1, -0.05) is 49.2 Å². The smallest absolute Gasteiger partial charge is 0.262 e. The van der Waals surface area contributed by atoms with E-state index < -0.39 is 10.0 Å². The van der Waals surface area contributed by atoms with Gasteiger partial charge in [0.25, 0.3) is 10.0 Å². The molecule has 0 heterocycles. The van der Waals surface area contributed by atoms with Crippen molar-refractivity contribution in [2.24, 2.45) is 0 Å². The van der Waals surface area contributed by atoms with Crippen molar-refractivity contribution < 1.29 is 8.42 Å². The Hall–Kier alpha value is -1.81. The average Bonchev–Trinajstić information content (AvgIpc) is 2.42. The lowest BCUT2D eigenvalue weighted by Crippen LogP contribution is -2.15. The van der Waals surface area contributed by atoms with E-state index in [2.05, 4.69) is 4.72 Å². The zero-order valence-corrected chi connectivity index (χ0v) is 12.6. The Morgan fingerprint density at radius 1 is 1.00 bits per heavy atom. The summed E-state index contributed by atoms with van der Waals surface area (Å²) < 4.78 is 27.6. The number of hydrogen-bond donors (Lipinski definition) is 1. The van der Waals surface area contributed by atoms with Crippen molar-refractivity contribution in [3.8, 4) is 0 Å². The summed E-state index contributed by atoms with van der Waals surface area (Å²) in [6.07, 6.45) is 1.67. The van der Waals surface area contributed by atoms with Crippen molar-refractivity contribution in [1.82, 2.24) is 0 Å². The molecule has 0 unspecified atom stereocenters. The Labute approximate surface area is 120 Å². The molecular formula is C16H19NO2S. The Bertz CT molecular complexity index is 676. The van der Waals surface area contributed by atoms with Gasteiger partial charge in [-0.3, -0.25) is 4.72 Å². The monoisotopic (exact) mass is 289 g/mol. The van der Waals surface area contributed by atoms with Crippen LogP contribution in [0.4, 0.5) is 5.69 Å². The summed E-state index contributed by atoms with van der Waals surface area (Å²) in [6.45, 7) is 4.01. The number of anilines is 1. The summed E-state index contributed by atoms with van der Waals surface area (Å²) in [6, 6.07) is 14.5. The number of sulfonamides is 1. The van der Waals surface area contributed by atoms with Crippen LogP contribution in [0.15, 0.2) is 53.4 Å². The van der Waals surface area contributed by atoms with Crippen LogP contribution in [-0.4, -0.2) is 8.42 Å². The largest absolute Gasteiger partial charge is 0.280 e. The van der Waals surface area contributed by atoms with E-state index in [1.54, 1.807) is 24.3 Å². The summed E-state index contributed by atoms with van der Waals surface area (Å²) in [5, 5.41) is 0. The molecular weight excluding hydrogens is 270 g/mol. The van der Waals surface area contributed by atoms with Crippen LogP contribution in [0.5, 0.6) is 0 Å². The number of benzene rings is 2. The molecule has 4 heteroatoms. The minimum atomic E-state index is -3.53. The standard InChI is InChI=1S/C16H19NO2S/c1-3-6-14-7-4-5-8-16(14)20(18,19)17-15-11-9-13(2)10-12-15/h4-5,7-12,17H,3,6H2,1-2H3. The number of aryl methyl sites for hydroxylation is 2. The van der Waals surface area contributed by atoms with Gasteiger partial charge in [-0.05, 0) is 37.1 Å². The quantitative estimate of drug-likeness (QED) is 0.911. The van der Waals surface area contributed by atoms with Crippen LogP contribution in [0.25, 0.3) is 0 Å². The molecule has 0 saturated carbocycles. The molecule has 0 aromatic heterocycles. The van der Waals surface area contributed by atoms with Gasteiger partial charge in [-0.2, -0.15) is 0 Å². The van der Waals surface area contributed by atoms with Crippen LogP contribution in [0.1, 0.15) is 24.5 Å². The molecule has 2 aromatic rings. The topological polar surface area (TPSA) is 46.2 Å². The number of nitrogens with one attached hydrogen (secondary N) is 1. The van der Waals surface area contributed by atoms with Gasteiger partial charge in [0.2, 0.25) is 0 Å². The van der Waals surface area contributed by atoms with E-state index in [0.29, 0.717) is 10.6 Å². The van der Waals surface area contributed by atoms with E-state index in [1.807, 2.05) is 38.1 Å². The summed E-state index contributed by atoms with van der Waals surface area (Å²) in [5.41, 5.74) is 2.54. The first-order chi connectivity index (χ1) is 9.53. The average molecular weight is 289 g/mol. The lowest BCUT2D eigenvalue weighted by atomic mass is 10.1. The lowest BCUT2D eigenvalue weighted by Gasteiger charge is -2.12. The fraction of sp³-hybridized carbons (Fsp3) is 0.250. The maximum absolute atomic E-state index is 12.5. The molecule has 0 aliphatic heterocycles. The second kappa shape index (κ2) is 6.09. The summed E-state index contributed by atoms with van der Waals surface area (Å²) >= 11 is 0. The molecule has 0 saturated heterocycles. The van der Waals surface area contributed by atoms with E-state index in [1.165, 1.54) is 0 Å². The van der Waals surface area contributed by atoms with Crippen LogP contribution >= 0.6 is 0 Å². The highest BCUT2D eigenvalue weighted by molar-refractivity contribution is 7.92. The van der Waals surface area contributed by atoms with E-state index in [0.717, 1.165) is 24.0 Å². The van der Waals surface area contributed by atoms with E-state index in [-0.39, 0.29) is 0 Å². The fourth-order valence-electron chi connectivity index (χ4n) is 2.07. The highest BCUT2D eigenvalue weighted by Crippen LogP contribution is 2.21. The van der Waals surface area contributed by atoms with Gasteiger partial charge in [0, 0.05) is 5.69 Å². The molecule has 0 fully saturated rings. The van der Waals surface area contributed by atoms with Crippen LogP contribution in [0.3, 0.4) is 0 Å². The fourth-order valence-corrected chi connectivity index (χ4v) is 3.40. The molecule has 0 radical (unpaired) electrons. The minimum Gasteiger partial charge on any atom is -0.280 e. The minimum absolute atomic E-state index is 0.363. The van der Waals surface area contributed by atoms with Gasteiger partial charge in [-0.25, -0.2) is 8.42 Å². The van der Waals surface area contributed by atoms with Gasteiger partial charge in [-0.15, -0.1) is 0 Å². The molecule has 1 N–H and O–H groups in total. The molecule has 2 rings (SSSR count). The molecule has 2 aromatic carbocycles. The molecule has 20 heavy (non-hydrogen) atoms. The van der Waals surface area contributed by atoms with Gasteiger partial charge in [0.05, 0.1) is 4.90 Å². The number of rotatable bonds is 5. The zero-order valence-electron chi connectivity index (χ0n) is 11.8. The Morgan fingerprint density at radius 3 is 2.30 bits per heavy atom. The zero-order chi connectivity index (χ0) is 14.6. The van der Waals surface area contributed by atoms with E-state index in [4.69, 9.17) is 0 Å². The van der Waals surface area contributed by atoms with Crippen LogP contribution in [0.2, 0.25) is 0 Å². The molecule has 0 aliphatic carbocycles. The van der Waals surface area contributed by atoms with Gasteiger partial charge >= 0.3 is 0 Å². The van der Waals surface area contributed by atoms with E-state index >= 15 is 0 Å². The summed E-state index contributed by atoms with van der Waals surface area (Å²) in [4.78, 5) is 0.363. The molecule has 0 bridgehead atoms. The summed E-state index contributed by atoms with van der Waals surface area (Å²) in [7, 11) is -3.53. The Kier molecular flexibility index (Phi) is 4.45. The molecule has 0 amide bonds. The predicted molar refractivity (Wildman–Crippen MR) is 82.4 cm³/mol. The van der Waals surface area contributed by atoms with Crippen LogP contribution < -0.4 is 4.72 Å². The highest BCUT2D eigenvalue weighted by Gasteiger charge is 2.17. The molecule has 0 spiro atoms. The third-order valence-electron chi connectivity index (χ3n) is 3.09. The van der Waals surface area contributed by atoms with Gasteiger partial charge < -0.3 is 0 Å². The second-order valence-corrected chi connectivity index (χ2v) is 6.48. The van der Waals surface area contributed by atoms with E-state index in [9.17, 15) is 8.42 Å². The number of hydrogen-bond acceptors (Lipinski definition) is 2. The van der Waals surface area contributed by atoms with Crippen molar-refractivity contribution in [2.75, 3.05) is 4.72 Å². The van der Waals surface area contributed by atoms with Crippen molar-refractivity contribution >= 4 is 15.7 Å². The lowest BCUT2D eigenvalue weighted by molar-refractivity contribution is 0.600. The maximum atomic E-state index is 12.5. The van der Waals surface area contributed by atoms with Crippen molar-refractivity contribution in [3.63, 3.8) is 0 Å². The van der Waals surface area contributed by atoms with Crippen LogP contribution in [-0.2, 0) is 16.4 Å². The van der Waals surface area contributed by atoms with Gasteiger partial charge in [0.1, 0.15) is 0 Å². The van der Waals surface area contributed by atoms with Crippen LogP contribution in [0, 0.1) is 6.92 Å². The third kappa shape index (κ3) is 3.39. The third-order valence-corrected chi connectivity index (χ3v) is 4.57.